The number of hydrogen-bond acceptors (Lipinski definition) is 10. The molecule has 10 nitrogen and oxygen atoms in total. The van der Waals surface area contributed by atoms with Crippen molar-refractivity contribution in [2.24, 2.45) is 23.7 Å². The number of carbonyl (C=O) groups excluding carboxylic acids is 5. The Balaban J connectivity index is -0.000000360. The molecule has 0 aliphatic heterocycles. The lowest BCUT2D eigenvalue weighted by Gasteiger charge is -2.31. The van der Waals surface area contributed by atoms with Crippen LogP contribution < -0.4 is 0 Å². The minimum atomic E-state index is -0.648. The molecule has 10 heteroatoms. The maximum atomic E-state index is 13.0. The van der Waals surface area contributed by atoms with Gasteiger partial charge in [-0.2, -0.15) is 0 Å². The number of hydrogen-bond donors (Lipinski definition) is 0. The molecule has 0 aromatic heterocycles. The number of Topliss-reactive ketones (excluding diaryl/α,β-unsaturated/α-hetero) is 2. The number of carbonyl (C=O) groups is 5. The molecule has 3 unspecified atom stereocenters. The molecular formula is C74H142N2O8. The molecule has 0 saturated heterocycles. The highest BCUT2D eigenvalue weighted by Gasteiger charge is 2.29. The summed E-state index contributed by atoms with van der Waals surface area (Å²) in [6.45, 7) is 40.6. The summed E-state index contributed by atoms with van der Waals surface area (Å²) in [5.74, 6) is -0.483. The van der Waals surface area contributed by atoms with Crippen LogP contribution >= 0.6 is 0 Å². The zero-order valence-corrected chi connectivity index (χ0v) is 56.2. The minimum absolute atomic E-state index is 0. The van der Waals surface area contributed by atoms with E-state index in [4.69, 9.17) is 14.2 Å². The van der Waals surface area contributed by atoms with Gasteiger partial charge in [0.1, 0.15) is 17.7 Å². The zero-order chi connectivity index (χ0) is 62.4. The summed E-state index contributed by atoms with van der Waals surface area (Å²) in [7, 11) is 0. The minimum Gasteiger partial charge on any atom is -0.465 e. The van der Waals surface area contributed by atoms with Crippen molar-refractivity contribution in [1.29, 1.82) is 0 Å². The van der Waals surface area contributed by atoms with Crippen molar-refractivity contribution < 1.29 is 38.2 Å². The fraction of sp³-hybridized carbons (Fsp3) is 0.797. The summed E-state index contributed by atoms with van der Waals surface area (Å²) in [6, 6.07) is 0. The third-order valence-electron chi connectivity index (χ3n) is 14.6. The van der Waals surface area contributed by atoms with Gasteiger partial charge in [0.05, 0.1) is 39.4 Å². The molecule has 1 aliphatic rings. The number of allylic oxidation sites excluding steroid dienone is 5. The van der Waals surface area contributed by atoms with Crippen molar-refractivity contribution in [1.82, 2.24) is 9.80 Å². The van der Waals surface area contributed by atoms with Crippen molar-refractivity contribution in [3.63, 3.8) is 0 Å². The summed E-state index contributed by atoms with van der Waals surface area (Å²) in [5.41, 5.74) is 1.16. The van der Waals surface area contributed by atoms with Crippen LogP contribution in [0.25, 0.3) is 0 Å². The second kappa shape index (κ2) is 70.3. The Morgan fingerprint density at radius 1 is 0.560 bits per heavy atom. The summed E-state index contributed by atoms with van der Waals surface area (Å²) in [4.78, 5) is 65.7. The normalized spacial score (nSPS) is 15.5. The van der Waals surface area contributed by atoms with Crippen LogP contribution in [0.15, 0.2) is 61.8 Å². The smallest absolute Gasteiger partial charge is 0.320 e. The Morgan fingerprint density at radius 2 is 1.04 bits per heavy atom. The van der Waals surface area contributed by atoms with Gasteiger partial charge in [0, 0.05) is 25.6 Å². The average Bonchev–Trinajstić information content (AvgIpc) is 3.52. The van der Waals surface area contributed by atoms with E-state index in [1.165, 1.54) is 173 Å². The average molecular weight is 1190 g/mol. The predicted molar refractivity (Wildman–Crippen MR) is 367 cm³/mol. The van der Waals surface area contributed by atoms with Gasteiger partial charge >= 0.3 is 11.9 Å². The molecule has 0 saturated carbocycles. The van der Waals surface area contributed by atoms with E-state index in [-0.39, 0.29) is 82.1 Å². The maximum Gasteiger partial charge on any atom is 0.320 e. The number of esters is 2. The van der Waals surface area contributed by atoms with Gasteiger partial charge in [-0.3, -0.25) is 33.8 Å². The second-order valence-electron chi connectivity index (χ2n) is 23.1. The Hall–Kier alpha value is -3.47. The third-order valence-corrected chi connectivity index (χ3v) is 14.6. The summed E-state index contributed by atoms with van der Waals surface area (Å²) >= 11 is 0. The van der Waals surface area contributed by atoms with Crippen LogP contribution in [0.3, 0.4) is 0 Å². The monoisotopic (exact) mass is 1190 g/mol. The highest BCUT2D eigenvalue weighted by Crippen LogP contribution is 2.32. The standard InChI is InChI=1S/C40H66N2O8.2C10H20.C9H20.C3H8.2CH4/c1-8-12-13-14-15-16-23-49-39(46)29-41(21-24-48-22-9-2)28-34(10-3)33(7)35-17-18-36(38(45)11-4)25-37(20-19-35)50-40(47)30-42(26-31(5)43)27-32(6)44;2*1-3-5-7-9-10-8-6-4-2;1-4-6-7-8-9(3)5-2;1-3-2;;/h10-11,19-20,33,35-37H,4,8-9,12-18,21-30H2,1-3,5-7H3;2*3H,1,4-10H2,2H3;9H,4-8H2,1-3H3;3H2,1-2H3;2*1H4/b20-19-,34-10-;;;;;;/t33?,35-,36?,37+;;;;;;/m1....../s1. The molecule has 5 atom stereocenters. The van der Waals surface area contributed by atoms with E-state index >= 15 is 0 Å². The first-order chi connectivity index (χ1) is 39.5. The van der Waals surface area contributed by atoms with Gasteiger partial charge < -0.3 is 14.2 Å². The molecule has 0 heterocycles. The largest absolute Gasteiger partial charge is 0.465 e. The molecular weight excluding hydrogens is 1040 g/mol. The van der Waals surface area contributed by atoms with E-state index in [9.17, 15) is 24.0 Å². The Labute approximate surface area is 523 Å². The molecule has 1 rings (SSSR count). The molecule has 496 valence electrons. The first-order valence-electron chi connectivity index (χ1n) is 33.6. The van der Waals surface area contributed by atoms with Gasteiger partial charge in [-0.15, -0.1) is 13.2 Å². The number of nitrogens with zero attached hydrogens (tertiary/aromatic N) is 2. The van der Waals surface area contributed by atoms with E-state index in [2.05, 4.69) is 106 Å². The Bertz CT molecular complexity index is 1550. The van der Waals surface area contributed by atoms with Crippen LogP contribution in [0, 0.1) is 23.7 Å². The lowest BCUT2D eigenvalue weighted by molar-refractivity contribution is -0.150. The molecule has 0 amide bonds. The van der Waals surface area contributed by atoms with Crippen LogP contribution in [-0.4, -0.2) is 104 Å². The van der Waals surface area contributed by atoms with Crippen molar-refractivity contribution in [3.8, 4) is 0 Å². The third kappa shape index (κ3) is 63.0. The highest BCUT2D eigenvalue weighted by molar-refractivity contribution is 5.91. The van der Waals surface area contributed by atoms with E-state index in [0.29, 0.717) is 45.8 Å². The van der Waals surface area contributed by atoms with Crippen molar-refractivity contribution in [2.45, 2.75) is 304 Å². The fourth-order valence-electron chi connectivity index (χ4n) is 9.42. The van der Waals surface area contributed by atoms with Crippen LogP contribution in [0.1, 0.15) is 297 Å². The van der Waals surface area contributed by atoms with Crippen LogP contribution in [0.2, 0.25) is 0 Å². The van der Waals surface area contributed by atoms with E-state index in [1.54, 1.807) is 0 Å². The SMILES string of the molecule is C.C.C=CC(=O)C1CC[C@@H](C(C)/C(=C\C)CN(CCOCCC)CC(=O)OCCCCCCCC)/C=C\[C@H](OC(=O)CN(CC(C)=O)CC(C)=O)C1.C=CCCCCCCCC.C=CCCCCCCCC.CCC.CCCCCC(C)CC. The van der Waals surface area contributed by atoms with Gasteiger partial charge in [-0.1, -0.05) is 255 Å². The van der Waals surface area contributed by atoms with Gasteiger partial charge in [0.25, 0.3) is 0 Å². The first-order valence-corrected chi connectivity index (χ1v) is 33.6. The lowest BCUT2D eigenvalue weighted by Crippen LogP contribution is -2.39. The molecule has 0 spiro atoms. The molecule has 0 fully saturated rings. The lowest BCUT2D eigenvalue weighted by atomic mass is 9.78. The van der Waals surface area contributed by atoms with Crippen LogP contribution in [0.4, 0.5) is 0 Å². The summed E-state index contributed by atoms with van der Waals surface area (Å²) in [5, 5.41) is 0. The van der Waals surface area contributed by atoms with Gasteiger partial charge in [-0.05, 0) is 108 Å². The Morgan fingerprint density at radius 3 is 1.49 bits per heavy atom. The van der Waals surface area contributed by atoms with Crippen LogP contribution in [0.5, 0.6) is 0 Å². The topological polar surface area (TPSA) is 120 Å². The van der Waals surface area contributed by atoms with E-state index in [0.717, 1.165) is 43.6 Å². The predicted octanol–water partition coefficient (Wildman–Crippen LogP) is 20.5. The first kappa shape index (κ1) is 91.7. The van der Waals surface area contributed by atoms with Crippen molar-refractivity contribution >= 4 is 29.3 Å². The summed E-state index contributed by atoms with van der Waals surface area (Å²) < 4.78 is 17.2. The van der Waals surface area contributed by atoms with Crippen LogP contribution in [-0.2, 0) is 38.2 Å². The van der Waals surface area contributed by atoms with Crippen molar-refractivity contribution in [3.05, 3.63) is 61.8 Å². The zero-order valence-electron chi connectivity index (χ0n) is 56.2. The van der Waals surface area contributed by atoms with Crippen molar-refractivity contribution in [2.75, 3.05) is 59.1 Å². The second-order valence-corrected chi connectivity index (χ2v) is 23.1. The summed E-state index contributed by atoms with van der Waals surface area (Å²) in [6.07, 6.45) is 47.5. The molecule has 0 radical (unpaired) electrons. The molecule has 84 heavy (non-hydrogen) atoms. The molecule has 0 N–H and O–H groups in total. The Kier molecular flexibility index (Phi) is 76.7. The number of unbranched alkanes of at least 4 members (excludes halogenated alkanes) is 19. The maximum absolute atomic E-state index is 13.0. The highest BCUT2D eigenvalue weighted by atomic mass is 16.5. The number of ketones is 3. The number of rotatable bonds is 46. The van der Waals surface area contributed by atoms with E-state index in [1.807, 2.05) is 25.2 Å². The molecule has 0 aromatic carbocycles. The molecule has 0 bridgehead atoms. The van der Waals surface area contributed by atoms with Gasteiger partial charge in [0.15, 0.2) is 5.78 Å². The molecule has 0 aromatic rings. The van der Waals surface area contributed by atoms with Gasteiger partial charge in [-0.25, -0.2) is 0 Å². The number of ether oxygens (including phenoxy) is 3. The quantitative estimate of drug-likeness (QED) is 0.0252. The van der Waals surface area contributed by atoms with E-state index < -0.39 is 12.1 Å². The van der Waals surface area contributed by atoms with Gasteiger partial charge in [0.2, 0.25) is 0 Å². The molecule has 1 aliphatic carbocycles. The fourth-order valence-corrected chi connectivity index (χ4v) is 9.42.